The number of hydrogen-bond acceptors (Lipinski definition) is 4. The van der Waals surface area contributed by atoms with Crippen LogP contribution in [0.25, 0.3) is 34.0 Å². The van der Waals surface area contributed by atoms with Crippen molar-refractivity contribution in [3.63, 3.8) is 0 Å². The van der Waals surface area contributed by atoms with Gasteiger partial charge in [0, 0.05) is 11.8 Å². The number of carbonyl (C=O) groups is 1. The van der Waals surface area contributed by atoms with Crippen LogP contribution in [0.3, 0.4) is 0 Å². The third kappa shape index (κ3) is 3.84. The Bertz CT molecular complexity index is 1560. The van der Waals surface area contributed by atoms with E-state index in [2.05, 4.69) is 11.4 Å². The highest BCUT2D eigenvalue weighted by molar-refractivity contribution is 6.05. The number of aromatic nitrogens is 3. The molecule has 0 saturated carbocycles. The molecule has 0 saturated heterocycles. The van der Waals surface area contributed by atoms with Gasteiger partial charge < -0.3 is 5.32 Å². The van der Waals surface area contributed by atoms with E-state index >= 15 is 0 Å². The Balaban J connectivity index is 1.69. The zero-order chi connectivity index (χ0) is 22.8. The molecule has 0 unspecified atom stereocenters. The lowest BCUT2D eigenvalue weighted by Gasteiger charge is -2.11. The summed E-state index contributed by atoms with van der Waals surface area (Å²) < 4.78 is 1.78. The molecule has 3 aromatic carbocycles. The molecule has 0 bridgehead atoms. The van der Waals surface area contributed by atoms with Crippen LogP contribution in [0.4, 0.5) is 5.82 Å². The van der Waals surface area contributed by atoms with Crippen LogP contribution >= 0.6 is 0 Å². The molecule has 0 fully saturated rings. The van der Waals surface area contributed by atoms with Gasteiger partial charge in [0.25, 0.3) is 0 Å². The summed E-state index contributed by atoms with van der Waals surface area (Å²) in [7, 11) is 0. The number of aryl methyl sites for hydroxylation is 1. The van der Waals surface area contributed by atoms with E-state index in [1.165, 1.54) is 6.08 Å². The van der Waals surface area contributed by atoms with Crippen molar-refractivity contribution in [2.24, 2.45) is 0 Å². The smallest absolute Gasteiger partial charge is 0.249 e. The van der Waals surface area contributed by atoms with E-state index < -0.39 is 0 Å². The fraction of sp³-hybridized carbons (Fsp3) is 0.0370. The zero-order valence-corrected chi connectivity index (χ0v) is 17.9. The second kappa shape index (κ2) is 8.40. The van der Waals surface area contributed by atoms with E-state index in [0.717, 1.165) is 16.8 Å². The molecule has 0 atom stereocenters. The number of amides is 1. The lowest BCUT2D eigenvalue weighted by Crippen LogP contribution is -2.13. The fourth-order valence-corrected chi connectivity index (χ4v) is 3.71. The minimum absolute atomic E-state index is 0.269. The van der Waals surface area contributed by atoms with Crippen molar-refractivity contribution >= 4 is 40.0 Å². The number of carbonyl (C=O) groups excluding carboxylic acids is 1. The highest BCUT2D eigenvalue weighted by Gasteiger charge is 2.22. The second-order valence-corrected chi connectivity index (χ2v) is 7.62. The van der Waals surface area contributed by atoms with Crippen LogP contribution in [0, 0.1) is 18.3 Å². The van der Waals surface area contributed by atoms with Gasteiger partial charge in [0.1, 0.15) is 23.0 Å². The quantitative estimate of drug-likeness (QED) is 0.388. The summed E-state index contributed by atoms with van der Waals surface area (Å²) in [5.74, 6) is -0.00885. The highest BCUT2D eigenvalue weighted by Crippen LogP contribution is 2.32. The van der Waals surface area contributed by atoms with Crippen LogP contribution < -0.4 is 5.32 Å². The molecule has 6 nitrogen and oxygen atoms in total. The summed E-state index contributed by atoms with van der Waals surface area (Å²) in [6.45, 7) is 2.00. The first-order chi connectivity index (χ1) is 16.1. The molecule has 33 heavy (non-hydrogen) atoms. The predicted molar refractivity (Wildman–Crippen MR) is 130 cm³/mol. The van der Waals surface area contributed by atoms with Gasteiger partial charge in [-0.2, -0.15) is 5.26 Å². The number of anilines is 1. The van der Waals surface area contributed by atoms with Crippen molar-refractivity contribution in [1.82, 2.24) is 14.5 Å². The van der Waals surface area contributed by atoms with E-state index in [-0.39, 0.29) is 11.5 Å². The van der Waals surface area contributed by atoms with Gasteiger partial charge in [-0.25, -0.2) is 9.97 Å². The average molecular weight is 429 g/mol. The Kier molecular flexibility index (Phi) is 5.13. The maximum Gasteiger partial charge on any atom is 0.249 e. The lowest BCUT2D eigenvalue weighted by atomic mass is 10.2. The van der Waals surface area contributed by atoms with E-state index in [4.69, 9.17) is 9.97 Å². The predicted octanol–water partition coefficient (Wildman–Crippen LogP) is 5.41. The van der Waals surface area contributed by atoms with E-state index in [1.807, 2.05) is 85.8 Å². The first-order valence-corrected chi connectivity index (χ1v) is 10.5. The number of para-hydroxylation sites is 2. The number of nitriles is 1. The lowest BCUT2D eigenvalue weighted by molar-refractivity contribution is -0.111. The number of hydrogen-bond donors (Lipinski definition) is 1. The van der Waals surface area contributed by atoms with Gasteiger partial charge in [-0.15, -0.1) is 0 Å². The number of nitrogens with one attached hydrogen (secondary N) is 1. The fourth-order valence-electron chi connectivity index (χ4n) is 3.71. The molecule has 5 aromatic rings. The van der Waals surface area contributed by atoms with Crippen LogP contribution in [0.5, 0.6) is 0 Å². The van der Waals surface area contributed by atoms with Gasteiger partial charge in [0.2, 0.25) is 5.91 Å². The molecule has 6 heteroatoms. The molecular weight excluding hydrogens is 410 g/mol. The molecule has 0 radical (unpaired) electrons. The number of nitrogens with zero attached hydrogens (tertiary/aromatic N) is 4. The summed E-state index contributed by atoms with van der Waals surface area (Å²) in [5.41, 5.74) is 5.40. The van der Waals surface area contributed by atoms with Crippen molar-refractivity contribution in [3.8, 4) is 11.8 Å². The maximum absolute atomic E-state index is 12.8. The van der Waals surface area contributed by atoms with E-state index in [0.29, 0.717) is 28.0 Å². The third-order valence-corrected chi connectivity index (χ3v) is 5.33. The number of benzene rings is 3. The molecule has 2 heterocycles. The zero-order valence-electron chi connectivity index (χ0n) is 17.9. The Morgan fingerprint density at radius 1 is 0.939 bits per heavy atom. The Morgan fingerprint density at radius 3 is 2.30 bits per heavy atom. The summed E-state index contributed by atoms with van der Waals surface area (Å²) in [6, 6.07) is 27.1. The standard InChI is InChI=1S/C27H19N5O/c1-18-11-14-20(15-12-18)32-26(31-24(33)16-13-19-7-3-2-4-8-19)21(17-28)25-27(32)30-23-10-6-5-9-22(23)29-25/h2-16H,1H3,(H,31,33)/b16-13+. The summed E-state index contributed by atoms with van der Waals surface area (Å²) in [5, 5.41) is 12.9. The van der Waals surface area contributed by atoms with Gasteiger partial charge in [-0.1, -0.05) is 60.2 Å². The molecule has 0 aliphatic carbocycles. The molecule has 0 aliphatic heterocycles. The molecule has 158 valence electrons. The summed E-state index contributed by atoms with van der Waals surface area (Å²) in [6.07, 6.45) is 3.18. The van der Waals surface area contributed by atoms with Crippen molar-refractivity contribution in [1.29, 1.82) is 5.26 Å². The molecule has 1 amide bonds. The van der Waals surface area contributed by atoms with E-state index in [9.17, 15) is 10.1 Å². The topological polar surface area (TPSA) is 83.6 Å². The van der Waals surface area contributed by atoms with Crippen molar-refractivity contribution < 1.29 is 4.79 Å². The molecule has 2 aromatic heterocycles. The third-order valence-electron chi connectivity index (χ3n) is 5.33. The number of rotatable bonds is 4. The molecule has 5 rings (SSSR count). The van der Waals surface area contributed by atoms with Gasteiger partial charge in [0.05, 0.1) is 11.0 Å². The maximum atomic E-state index is 12.8. The first-order valence-electron chi connectivity index (χ1n) is 10.5. The first kappa shape index (κ1) is 20.2. The SMILES string of the molecule is Cc1ccc(-n2c(NC(=O)/C=C/c3ccccc3)c(C#N)c3nc4ccccc4nc32)cc1. The van der Waals surface area contributed by atoms with E-state index in [1.54, 1.807) is 10.6 Å². The Labute approximate surface area is 190 Å². The largest absolute Gasteiger partial charge is 0.307 e. The van der Waals surface area contributed by atoms with Crippen LogP contribution in [0.1, 0.15) is 16.7 Å². The summed E-state index contributed by atoms with van der Waals surface area (Å²) >= 11 is 0. The van der Waals surface area contributed by atoms with Crippen LogP contribution in [0.15, 0.2) is 84.9 Å². The highest BCUT2D eigenvalue weighted by atomic mass is 16.1. The van der Waals surface area contributed by atoms with Crippen molar-refractivity contribution in [3.05, 3.63) is 102 Å². The van der Waals surface area contributed by atoms with Gasteiger partial charge in [0.15, 0.2) is 5.65 Å². The van der Waals surface area contributed by atoms with Gasteiger partial charge >= 0.3 is 0 Å². The Hall–Kier alpha value is -4.76. The Morgan fingerprint density at radius 2 is 1.61 bits per heavy atom. The average Bonchev–Trinajstić information content (AvgIpc) is 3.14. The molecular formula is C27H19N5O. The van der Waals surface area contributed by atoms with Gasteiger partial charge in [-0.05, 0) is 42.8 Å². The molecule has 0 spiro atoms. The van der Waals surface area contributed by atoms with Crippen LogP contribution in [0.2, 0.25) is 0 Å². The minimum atomic E-state index is -0.351. The minimum Gasteiger partial charge on any atom is -0.307 e. The second-order valence-electron chi connectivity index (χ2n) is 7.62. The van der Waals surface area contributed by atoms with Crippen molar-refractivity contribution in [2.75, 3.05) is 5.32 Å². The normalized spacial score (nSPS) is 11.2. The summed E-state index contributed by atoms with van der Waals surface area (Å²) in [4.78, 5) is 22.3. The van der Waals surface area contributed by atoms with Crippen LogP contribution in [-0.4, -0.2) is 20.4 Å². The van der Waals surface area contributed by atoms with Crippen LogP contribution in [-0.2, 0) is 4.79 Å². The molecule has 1 N–H and O–H groups in total. The number of fused-ring (bicyclic) bond motifs is 2. The van der Waals surface area contributed by atoms with Gasteiger partial charge in [-0.3, -0.25) is 9.36 Å². The monoisotopic (exact) mass is 429 g/mol. The van der Waals surface area contributed by atoms with Crippen molar-refractivity contribution in [2.45, 2.75) is 6.92 Å². The molecule has 0 aliphatic rings.